The van der Waals surface area contributed by atoms with E-state index in [0.717, 1.165) is 6.20 Å². The van der Waals surface area contributed by atoms with Gasteiger partial charge >= 0.3 is 12.8 Å². The fourth-order valence-electron chi connectivity index (χ4n) is 2.72. The molecule has 4 aromatic rings. The Hall–Kier alpha value is -5.21. The summed E-state index contributed by atoms with van der Waals surface area (Å²) in [5.41, 5.74) is 2.39. The van der Waals surface area contributed by atoms with Gasteiger partial charge in [0.1, 0.15) is 17.4 Å². The number of pyridine rings is 2. The summed E-state index contributed by atoms with van der Waals surface area (Å²) in [5, 5.41) is 47.0. The summed E-state index contributed by atoms with van der Waals surface area (Å²) in [4.78, 5) is 30.3. The van der Waals surface area contributed by atoms with E-state index in [2.05, 4.69) is 14.8 Å². The SMILES string of the molecule is C.N#Cc1ccc(-c2ccncc2[N+](=O)[O-])cc1.O=[N+]([O-])c1cnccc1Cl.[C-]#[N+]c1ccc(B(O)O)cc1. The number of nitrogens with zero attached hydrogens (tertiary/aromatic N) is 6. The number of hydrogen-bond donors (Lipinski definition) is 2. The van der Waals surface area contributed by atoms with Gasteiger partial charge in [-0.3, -0.25) is 30.2 Å². The first-order valence-corrected chi connectivity index (χ1v) is 10.7. The van der Waals surface area contributed by atoms with Crippen LogP contribution in [0.3, 0.4) is 0 Å². The summed E-state index contributed by atoms with van der Waals surface area (Å²) in [6.07, 6.45) is 5.23. The summed E-state index contributed by atoms with van der Waals surface area (Å²) in [6, 6.07) is 17.7. The Labute approximate surface area is 228 Å². The van der Waals surface area contributed by atoms with Crippen LogP contribution < -0.4 is 5.46 Å². The molecule has 196 valence electrons. The maximum absolute atomic E-state index is 10.8. The van der Waals surface area contributed by atoms with E-state index >= 15 is 0 Å². The number of rotatable bonds is 4. The predicted octanol–water partition coefficient (Wildman–Crippen LogP) is 4.72. The summed E-state index contributed by atoms with van der Waals surface area (Å²) >= 11 is 5.44. The van der Waals surface area contributed by atoms with Crippen LogP contribution in [0.4, 0.5) is 17.1 Å². The molecule has 0 aliphatic rings. The average Bonchev–Trinajstić information content (AvgIpc) is 2.94. The molecule has 2 heterocycles. The zero-order valence-corrected chi connectivity index (χ0v) is 20.0. The number of benzene rings is 2. The normalized spacial score (nSPS) is 9.05. The van der Waals surface area contributed by atoms with Crippen LogP contribution in [-0.2, 0) is 0 Å². The number of nitro groups is 2. The van der Waals surface area contributed by atoms with E-state index in [1.807, 2.05) is 6.07 Å². The maximum Gasteiger partial charge on any atom is 0.488 e. The van der Waals surface area contributed by atoms with Gasteiger partial charge in [-0.15, -0.1) is 0 Å². The van der Waals surface area contributed by atoms with Crippen LogP contribution in [0, 0.1) is 38.1 Å². The second kappa shape index (κ2) is 15.8. The van der Waals surface area contributed by atoms with Gasteiger partial charge in [0.15, 0.2) is 5.69 Å². The molecule has 2 aromatic carbocycles. The van der Waals surface area contributed by atoms with Crippen LogP contribution in [0.1, 0.15) is 13.0 Å². The molecule has 0 saturated heterocycles. The van der Waals surface area contributed by atoms with Crippen molar-refractivity contribution in [3.63, 3.8) is 0 Å². The van der Waals surface area contributed by atoms with Crippen LogP contribution in [-0.4, -0.2) is 37.0 Å². The highest BCUT2D eigenvalue weighted by Gasteiger charge is 2.14. The van der Waals surface area contributed by atoms with Crippen LogP contribution in [0.2, 0.25) is 5.02 Å². The van der Waals surface area contributed by atoms with Crippen LogP contribution in [0.15, 0.2) is 85.5 Å². The van der Waals surface area contributed by atoms with Gasteiger partial charge in [0.05, 0.1) is 33.6 Å². The summed E-state index contributed by atoms with van der Waals surface area (Å²) in [6.45, 7) is 6.62. The van der Waals surface area contributed by atoms with Gasteiger partial charge in [0.2, 0.25) is 0 Å². The molecule has 4 rings (SSSR count). The van der Waals surface area contributed by atoms with Crippen molar-refractivity contribution in [3.05, 3.63) is 128 Å². The molecule has 0 amide bonds. The van der Waals surface area contributed by atoms with Crippen molar-refractivity contribution in [2.75, 3.05) is 0 Å². The van der Waals surface area contributed by atoms with Crippen molar-refractivity contribution in [1.29, 1.82) is 5.26 Å². The highest BCUT2D eigenvalue weighted by molar-refractivity contribution is 6.58. The van der Waals surface area contributed by atoms with Gasteiger partial charge in [0, 0.05) is 12.4 Å². The minimum Gasteiger partial charge on any atom is -0.423 e. The van der Waals surface area contributed by atoms with E-state index in [4.69, 9.17) is 33.5 Å². The molecule has 0 atom stereocenters. The fraction of sp³-hybridized carbons (Fsp3) is 0.0400. The fourth-order valence-corrected chi connectivity index (χ4v) is 2.90. The lowest BCUT2D eigenvalue weighted by atomic mass is 9.80. The molecule has 2 aromatic heterocycles. The molecule has 0 aliphatic carbocycles. The highest BCUT2D eigenvalue weighted by atomic mass is 35.5. The Balaban J connectivity index is 0.000000303. The third-order valence-corrected chi connectivity index (χ3v) is 4.91. The zero-order valence-electron chi connectivity index (χ0n) is 19.2. The molecule has 2 N–H and O–H groups in total. The molecule has 0 radical (unpaired) electrons. The van der Waals surface area contributed by atoms with Crippen molar-refractivity contribution in [2.45, 2.75) is 7.43 Å². The Morgan fingerprint density at radius 1 is 0.897 bits per heavy atom. The van der Waals surface area contributed by atoms with Gasteiger partial charge in [-0.1, -0.05) is 55.4 Å². The molecule has 0 aliphatic heterocycles. The van der Waals surface area contributed by atoms with E-state index in [-0.39, 0.29) is 23.8 Å². The molecule has 0 bridgehead atoms. The summed E-state index contributed by atoms with van der Waals surface area (Å²) in [5.74, 6) is 0. The molecule has 0 unspecified atom stereocenters. The number of nitriles is 1. The van der Waals surface area contributed by atoms with Crippen molar-refractivity contribution in [1.82, 2.24) is 9.97 Å². The first-order chi connectivity index (χ1) is 18.2. The van der Waals surface area contributed by atoms with Crippen LogP contribution in [0.5, 0.6) is 0 Å². The van der Waals surface area contributed by atoms with Crippen molar-refractivity contribution in [2.24, 2.45) is 0 Å². The number of aromatic nitrogens is 2. The molecule has 14 heteroatoms. The standard InChI is InChI=1S/C12H7N3O2.C7H6BNO2.C5H3ClN2O2.CH4/c13-7-9-1-3-10(4-2-9)11-5-6-14-8-12(11)15(16)17;1-9-7-4-2-6(3-5-7)8(10)11;6-4-1-2-7-3-5(4)8(9)10;/h1-6,8H;2-5,10-11H;1-3H;1H4. The maximum atomic E-state index is 10.8. The van der Waals surface area contributed by atoms with E-state index < -0.39 is 17.0 Å². The van der Waals surface area contributed by atoms with Crippen LogP contribution in [0.25, 0.3) is 16.0 Å². The average molecular weight is 547 g/mol. The Kier molecular flexibility index (Phi) is 12.9. The second-order valence-corrected chi connectivity index (χ2v) is 7.41. The quantitative estimate of drug-likeness (QED) is 0.158. The first-order valence-electron chi connectivity index (χ1n) is 10.3. The minimum atomic E-state index is -1.45. The molecule has 0 spiro atoms. The Morgan fingerprint density at radius 2 is 1.44 bits per heavy atom. The van der Waals surface area contributed by atoms with E-state index in [1.165, 1.54) is 36.8 Å². The van der Waals surface area contributed by atoms with Gasteiger partial charge in [-0.2, -0.15) is 5.26 Å². The summed E-state index contributed by atoms with van der Waals surface area (Å²) < 4.78 is 0. The third kappa shape index (κ3) is 9.64. The lowest BCUT2D eigenvalue weighted by molar-refractivity contribution is -0.385. The van der Waals surface area contributed by atoms with Gasteiger partial charge in [-0.25, -0.2) is 4.85 Å². The van der Waals surface area contributed by atoms with E-state index in [1.54, 1.807) is 42.5 Å². The number of halogens is 1. The molecule has 0 fully saturated rings. The largest absolute Gasteiger partial charge is 0.488 e. The Bertz CT molecular complexity index is 1490. The second-order valence-electron chi connectivity index (χ2n) is 7.00. The number of hydrogen-bond acceptors (Lipinski definition) is 9. The van der Waals surface area contributed by atoms with Gasteiger partial charge in [-0.05, 0) is 35.3 Å². The van der Waals surface area contributed by atoms with Crippen molar-refractivity contribution < 1.29 is 19.9 Å². The monoisotopic (exact) mass is 546 g/mol. The van der Waals surface area contributed by atoms with Gasteiger partial charge < -0.3 is 10.0 Å². The molecule has 0 saturated carbocycles. The highest BCUT2D eigenvalue weighted by Crippen LogP contribution is 2.28. The van der Waals surface area contributed by atoms with E-state index in [0.29, 0.717) is 27.8 Å². The molecular formula is C25H20BClN6O6. The first kappa shape index (κ1) is 31.8. The lowest BCUT2D eigenvalue weighted by Gasteiger charge is -2.02. The van der Waals surface area contributed by atoms with Gasteiger partial charge in [0.25, 0.3) is 5.69 Å². The van der Waals surface area contributed by atoms with E-state index in [9.17, 15) is 20.2 Å². The Morgan fingerprint density at radius 3 is 1.87 bits per heavy atom. The molecular weight excluding hydrogens is 527 g/mol. The predicted molar refractivity (Wildman–Crippen MR) is 146 cm³/mol. The minimum absolute atomic E-state index is 0. The molecule has 39 heavy (non-hydrogen) atoms. The molecule has 12 nitrogen and oxygen atoms in total. The van der Waals surface area contributed by atoms with Crippen LogP contribution >= 0.6 is 11.6 Å². The lowest BCUT2D eigenvalue weighted by Crippen LogP contribution is -2.29. The zero-order chi connectivity index (χ0) is 28.1. The van der Waals surface area contributed by atoms with Crippen molar-refractivity contribution in [3.8, 4) is 17.2 Å². The third-order valence-electron chi connectivity index (χ3n) is 4.59. The van der Waals surface area contributed by atoms with Crippen molar-refractivity contribution >= 4 is 41.2 Å². The smallest absolute Gasteiger partial charge is 0.423 e. The topological polar surface area (TPSA) is 181 Å². The summed E-state index contributed by atoms with van der Waals surface area (Å²) in [7, 11) is -1.45.